The molecule has 1 rings (SSSR count). The van der Waals surface area contributed by atoms with Crippen LogP contribution in [0.5, 0.6) is 0 Å². The smallest absolute Gasteiger partial charge is 0.294 e. The van der Waals surface area contributed by atoms with Crippen LogP contribution in [-0.2, 0) is 0 Å². The third kappa shape index (κ3) is 2.09. The molecule has 0 aliphatic carbocycles. The Hall–Kier alpha value is -2.31. The van der Waals surface area contributed by atoms with Crippen LogP contribution < -0.4 is 17.2 Å². The maximum absolute atomic E-state index is 10.5. The summed E-state index contributed by atoms with van der Waals surface area (Å²) in [4.78, 5) is 13.5. The summed E-state index contributed by atoms with van der Waals surface area (Å²) in [7, 11) is 0. The van der Waals surface area contributed by atoms with Gasteiger partial charge in [-0.1, -0.05) is 0 Å². The zero-order valence-electron chi connectivity index (χ0n) is 7.18. The number of aliphatic imine (C=N–C) groups is 1. The van der Waals surface area contributed by atoms with Gasteiger partial charge >= 0.3 is 0 Å². The largest absolute Gasteiger partial charge is 0.393 e. The highest BCUT2D eigenvalue weighted by atomic mass is 16.6. The van der Waals surface area contributed by atoms with Crippen molar-refractivity contribution in [3.8, 4) is 0 Å². The normalized spacial score (nSPS) is 9.43. The summed E-state index contributed by atoms with van der Waals surface area (Å²) in [6, 6.07) is 4.07. The van der Waals surface area contributed by atoms with Gasteiger partial charge in [-0.15, -0.1) is 0 Å². The number of hydrogen-bond donors (Lipinski definition) is 3. The number of nitrogen functional groups attached to an aromatic ring is 1. The zero-order valence-corrected chi connectivity index (χ0v) is 7.18. The van der Waals surface area contributed by atoms with Crippen molar-refractivity contribution in [1.29, 1.82) is 0 Å². The molecule has 0 aliphatic rings. The number of nitrogens with two attached hydrogens (primary N) is 3. The van der Waals surface area contributed by atoms with Gasteiger partial charge in [-0.05, 0) is 12.1 Å². The van der Waals surface area contributed by atoms with E-state index in [0.717, 1.165) is 0 Å². The van der Waals surface area contributed by atoms with Gasteiger partial charge in [0.1, 0.15) is 5.69 Å². The first-order valence-electron chi connectivity index (χ1n) is 3.64. The molecule has 0 unspecified atom stereocenters. The zero-order chi connectivity index (χ0) is 10.7. The van der Waals surface area contributed by atoms with E-state index in [1.54, 1.807) is 0 Å². The Morgan fingerprint density at radius 3 is 2.57 bits per heavy atom. The second-order valence-corrected chi connectivity index (χ2v) is 2.54. The number of anilines is 1. The fourth-order valence-corrected chi connectivity index (χ4v) is 0.909. The SMILES string of the molecule is NC(N)=Nc1ccc(N)c([N+](=O)[O-])c1. The summed E-state index contributed by atoms with van der Waals surface area (Å²) in [5, 5.41) is 10.5. The Balaban J connectivity index is 3.20. The molecule has 74 valence electrons. The van der Waals surface area contributed by atoms with Gasteiger partial charge in [0, 0.05) is 6.07 Å². The Labute approximate surface area is 79.4 Å². The second kappa shape index (κ2) is 3.60. The fraction of sp³-hybridized carbons (Fsp3) is 0. The van der Waals surface area contributed by atoms with E-state index in [-0.39, 0.29) is 17.3 Å². The minimum Gasteiger partial charge on any atom is -0.393 e. The lowest BCUT2D eigenvalue weighted by molar-refractivity contribution is -0.383. The van der Waals surface area contributed by atoms with Gasteiger partial charge in [-0.3, -0.25) is 10.1 Å². The summed E-state index contributed by atoms with van der Waals surface area (Å²) >= 11 is 0. The summed E-state index contributed by atoms with van der Waals surface area (Å²) in [5.74, 6) is -0.163. The molecule has 0 aromatic heterocycles. The molecule has 0 atom stereocenters. The molecule has 0 heterocycles. The molecule has 1 aromatic rings. The molecule has 0 spiro atoms. The number of nitro groups is 1. The number of nitrogens with zero attached hydrogens (tertiary/aromatic N) is 2. The number of hydrogen-bond acceptors (Lipinski definition) is 4. The number of nitro benzene ring substituents is 1. The predicted molar refractivity (Wildman–Crippen MR) is 53.0 cm³/mol. The third-order valence-electron chi connectivity index (χ3n) is 1.47. The monoisotopic (exact) mass is 195 g/mol. The van der Waals surface area contributed by atoms with Crippen molar-refractivity contribution in [2.75, 3.05) is 5.73 Å². The van der Waals surface area contributed by atoms with Gasteiger partial charge in [0.15, 0.2) is 5.96 Å². The summed E-state index contributed by atoms with van der Waals surface area (Å²) in [6.07, 6.45) is 0. The highest BCUT2D eigenvalue weighted by molar-refractivity contribution is 5.80. The molecule has 6 N–H and O–H groups in total. The van der Waals surface area contributed by atoms with Gasteiger partial charge in [0.25, 0.3) is 5.69 Å². The third-order valence-corrected chi connectivity index (χ3v) is 1.47. The van der Waals surface area contributed by atoms with Gasteiger partial charge < -0.3 is 17.2 Å². The molecule has 0 aliphatic heterocycles. The van der Waals surface area contributed by atoms with E-state index < -0.39 is 4.92 Å². The molecule has 1 aromatic carbocycles. The maximum Gasteiger partial charge on any atom is 0.294 e. The van der Waals surface area contributed by atoms with E-state index in [4.69, 9.17) is 17.2 Å². The van der Waals surface area contributed by atoms with Crippen LogP contribution in [0.2, 0.25) is 0 Å². The molecule has 0 bridgehead atoms. The van der Waals surface area contributed by atoms with Crippen LogP contribution in [0.25, 0.3) is 0 Å². The van der Waals surface area contributed by atoms with Crippen molar-refractivity contribution in [1.82, 2.24) is 0 Å². The standard InChI is InChI=1S/C7H9N5O2/c8-5-2-1-4(11-7(9)10)3-6(5)12(13)14/h1-3H,8H2,(H4,9,10,11). The van der Waals surface area contributed by atoms with Crippen molar-refractivity contribution in [3.63, 3.8) is 0 Å². The predicted octanol–water partition coefficient (Wildman–Crippen LogP) is 0.0819. The Bertz CT molecular complexity index is 397. The first-order valence-corrected chi connectivity index (χ1v) is 3.64. The van der Waals surface area contributed by atoms with Crippen LogP contribution in [0.15, 0.2) is 23.2 Å². The lowest BCUT2D eigenvalue weighted by Gasteiger charge is -1.98. The summed E-state index contributed by atoms with van der Waals surface area (Å²) in [6.45, 7) is 0. The van der Waals surface area contributed by atoms with Crippen molar-refractivity contribution < 1.29 is 4.92 Å². The van der Waals surface area contributed by atoms with Gasteiger partial charge in [0.2, 0.25) is 0 Å². The lowest BCUT2D eigenvalue weighted by Crippen LogP contribution is -2.21. The summed E-state index contributed by atoms with van der Waals surface area (Å²) < 4.78 is 0. The minimum absolute atomic E-state index is 0.0737. The molecule has 0 amide bonds. The highest BCUT2D eigenvalue weighted by Crippen LogP contribution is 2.26. The van der Waals surface area contributed by atoms with Gasteiger partial charge in [-0.25, -0.2) is 4.99 Å². The van der Waals surface area contributed by atoms with Crippen LogP contribution in [0.4, 0.5) is 17.1 Å². The van der Waals surface area contributed by atoms with E-state index in [1.807, 2.05) is 0 Å². The fourth-order valence-electron chi connectivity index (χ4n) is 0.909. The Morgan fingerprint density at radius 2 is 2.07 bits per heavy atom. The van der Waals surface area contributed by atoms with E-state index in [9.17, 15) is 10.1 Å². The number of rotatable bonds is 2. The molecule has 0 saturated carbocycles. The molecule has 7 heteroatoms. The van der Waals surface area contributed by atoms with Crippen LogP contribution in [0, 0.1) is 10.1 Å². The van der Waals surface area contributed by atoms with Crippen LogP contribution in [-0.4, -0.2) is 10.9 Å². The minimum atomic E-state index is -0.596. The van der Waals surface area contributed by atoms with Crippen LogP contribution in [0.3, 0.4) is 0 Å². The molecule has 7 nitrogen and oxygen atoms in total. The van der Waals surface area contributed by atoms with E-state index in [1.165, 1.54) is 18.2 Å². The van der Waals surface area contributed by atoms with Crippen molar-refractivity contribution in [2.24, 2.45) is 16.5 Å². The van der Waals surface area contributed by atoms with E-state index >= 15 is 0 Å². The van der Waals surface area contributed by atoms with E-state index in [0.29, 0.717) is 5.69 Å². The van der Waals surface area contributed by atoms with Crippen molar-refractivity contribution >= 4 is 23.0 Å². The van der Waals surface area contributed by atoms with Gasteiger partial charge in [0.05, 0.1) is 10.6 Å². The maximum atomic E-state index is 10.5. The first kappa shape index (κ1) is 9.78. The van der Waals surface area contributed by atoms with Crippen molar-refractivity contribution in [3.05, 3.63) is 28.3 Å². The molecule has 0 radical (unpaired) electrons. The number of guanidine groups is 1. The van der Waals surface area contributed by atoms with Crippen LogP contribution >= 0.6 is 0 Å². The topological polar surface area (TPSA) is 134 Å². The lowest BCUT2D eigenvalue weighted by atomic mass is 10.2. The average Bonchev–Trinajstić information content (AvgIpc) is 2.07. The Kier molecular flexibility index (Phi) is 2.52. The Morgan fingerprint density at radius 1 is 1.43 bits per heavy atom. The molecule has 0 saturated heterocycles. The molecular formula is C7H9N5O2. The summed E-state index contributed by atoms with van der Waals surface area (Å²) in [5.41, 5.74) is 15.8. The van der Waals surface area contributed by atoms with Crippen molar-refractivity contribution in [2.45, 2.75) is 0 Å². The number of benzene rings is 1. The van der Waals surface area contributed by atoms with E-state index in [2.05, 4.69) is 4.99 Å². The second-order valence-electron chi connectivity index (χ2n) is 2.54. The average molecular weight is 195 g/mol. The molecule has 14 heavy (non-hydrogen) atoms. The highest BCUT2D eigenvalue weighted by Gasteiger charge is 2.11. The van der Waals surface area contributed by atoms with Gasteiger partial charge in [-0.2, -0.15) is 0 Å². The quantitative estimate of drug-likeness (QED) is 0.202. The first-order chi connectivity index (χ1) is 6.50. The molecular weight excluding hydrogens is 186 g/mol. The molecule has 0 fully saturated rings. The van der Waals surface area contributed by atoms with Crippen LogP contribution in [0.1, 0.15) is 0 Å².